The zero-order chi connectivity index (χ0) is 17.7. The normalized spacial score (nSPS) is 10.8. The van der Waals surface area contributed by atoms with Gasteiger partial charge in [-0.15, -0.1) is 0 Å². The lowest BCUT2D eigenvalue weighted by Gasteiger charge is -2.11. The van der Waals surface area contributed by atoms with Gasteiger partial charge in [-0.05, 0) is 23.8 Å². The van der Waals surface area contributed by atoms with E-state index in [0.29, 0.717) is 22.6 Å². The Labute approximate surface area is 147 Å². The molecule has 7 heteroatoms. The Balaban J connectivity index is 2.60. The summed E-state index contributed by atoms with van der Waals surface area (Å²) in [6, 6.07) is 11.5. The topological polar surface area (TPSA) is 85.4 Å². The summed E-state index contributed by atoms with van der Waals surface area (Å²) in [7, 11) is 3.02. The quantitative estimate of drug-likeness (QED) is 0.327. The van der Waals surface area contributed by atoms with Crippen LogP contribution in [0.25, 0.3) is 11.6 Å². The SMILES string of the molecule is COc1cc(Br)cc(C=C(C#N)c2cccc([N+](=O)[O-])c2)c1OC. The van der Waals surface area contributed by atoms with Crippen molar-refractivity contribution in [2.45, 2.75) is 0 Å². The molecule has 0 bridgehead atoms. The van der Waals surface area contributed by atoms with Gasteiger partial charge in [0.05, 0.1) is 30.8 Å². The van der Waals surface area contributed by atoms with Gasteiger partial charge in [-0.3, -0.25) is 10.1 Å². The predicted octanol–water partition coefficient (Wildman–Crippen LogP) is 4.44. The van der Waals surface area contributed by atoms with Crippen molar-refractivity contribution >= 4 is 33.3 Å². The summed E-state index contributed by atoms with van der Waals surface area (Å²) in [4.78, 5) is 10.4. The summed E-state index contributed by atoms with van der Waals surface area (Å²) in [5, 5.41) is 20.4. The largest absolute Gasteiger partial charge is 0.493 e. The number of hydrogen-bond donors (Lipinski definition) is 0. The molecular weight excluding hydrogens is 376 g/mol. The lowest BCUT2D eigenvalue weighted by atomic mass is 10.0. The first-order valence-electron chi connectivity index (χ1n) is 6.78. The Morgan fingerprint density at radius 2 is 2.04 bits per heavy atom. The van der Waals surface area contributed by atoms with E-state index < -0.39 is 4.92 Å². The third-order valence-corrected chi connectivity index (χ3v) is 3.72. The Bertz CT molecular complexity index is 856. The van der Waals surface area contributed by atoms with Gasteiger partial charge in [0.1, 0.15) is 0 Å². The van der Waals surface area contributed by atoms with E-state index in [1.54, 1.807) is 24.3 Å². The second kappa shape index (κ2) is 7.62. The third kappa shape index (κ3) is 3.73. The molecule has 0 heterocycles. The highest BCUT2D eigenvalue weighted by atomic mass is 79.9. The fourth-order valence-electron chi connectivity index (χ4n) is 2.19. The van der Waals surface area contributed by atoms with Crippen LogP contribution in [0.4, 0.5) is 5.69 Å². The highest BCUT2D eigenvalue weighted by Crippen LogP contribution is 2.36. The van der Waals surface area contributed by atoms with Crippen LogP contribution in [0.1, 0.15) is 11.1 Å². The summed E-state index contributed by atoms with van der Waals surface area (Å²) >= 11 is 3.38. The number of benzene rings is 2. The molecule has 0 aliphatic heterocycles. The van der Waals surface area contributed by atoms with Crippen LogP contribution in [-0.2, 0) is 0 Å². The molecule has 2 aromatic rings. The van der Waals surface area contributed by atoms with E-state index in [2.05, 4.69) is 22.0 Å². The summed E-state index contributed by atoms with van der Waals surface area (Å²) < 4.78 is 11.4. The van der Waals surface area contributed by atoms with Crippen LogP contribution in [0.5, 0.6) is 11.5 Å². The van der Waals surface area contributed by atoms with E-state index in [4.69, 9.17) is 9.47 Å². The van der Waals surface area contributed by atoms with E-state index in [1.165, 1.54) is 32.4 Å². The zero-order valence-corrected chi connectivity index (χ0v) is 14.5. The summed E-state index contributed by atoms with van der Waals surface area (Å²) in [6.45, 7) is 0. The van der Waals surface area contributed by atoms with E-state index in [0.717, 1.165) is 4.47 Å². The molecule has 24 heavy (non-hydrogen) atoms. The fraction of sp³-hybridized carbons (Fsp3) is 0.118. The molecule has 6 nitrogen and oxygen atoms in total. The maximum Gasteiger partial charge on any atom is 0.270 e. The minimum atomic E-state index is -0.499. The number of allylic oxidation sites excluding steroid dienone is 1. The average Bonchev–Trinajstić information content (AvgIpc) is 2.59. The minimum absolute atomic E-state index is 0.0764. The molecule has 2 aromatic carbocycles. The van der Waals surface area contributed by atoms with Crippen molar-refractivity contribution in [3.8, 4) is 17.6 Å². The molecule has 0 aliphatic rings. The minimum Gasteiger partial charge on any atom is -0.493 e. The van der Waals surface area contributed by atoms with Gasteiger partial charge in [-0.1, -0.05) is 28.1 Å². The first-order valence-corrected chi connectivity index (χ1v) is 7.57. The lowest BCUT2D eigenvalue weighted by molar-refractivity contribution is -0.384. The van der Waals surface area contributed by atoms with Crippen molar-refractivity contribution in [2.75, 3.05) is 14.2 Å². The van der Waals surface area contributed by atoms with Crippen molar-refractivity contribution in [3.63, 3.8) is 0 Å². The number of nitro benzene ring substituents is 1. The van der Waals surface area contributed by atoms with Gasteiger partial charge in [0.25, 0.3) is 5.69 Å². The molecule has 0 amide bonds. The smallest absolute Gasteiger partial charge is 0.270 e. The highest BCUT2D eigenvalue weighted by molar-refractivity contribution is 9.10. The molecular formula is C17H13BrN2O4. The van der Waals surface area contributed by atoms with Crippen molar-refractivity contribution < 1.29 is 14.4 Å². The second-order valence-electron chi connectivity index (χ2n) is 4.71. The highest BCUT2D eigenvalue weighted by Gasteiger charge is 2.13. The van der Waals surface area contributed by atoms with Gasteiger partial charge in [0, 0.05) is 22.2 Å². The van der Waals surface area contributed by atoms with E-state index in [-0.39, 0.29) is 11.3 Å². The van der Waals surface area contributed by atoms with Crippen LogP contribution in [0.15, 0.2) is 40.9 Å². The molecule has 122 valence electrons. The Morgan fingerprint density at radius 3 is 2.62 bits per heavy atom. The molecule has 0 atom stereocenters. The predicted molar refractivity (Wildman–Crippen MR) is 93.8 cm³/mol. The van der Waals surface area contributed by atoms with Crippen LogP contribution in [0, 0.1) is 21.4 Å². The molecule has 0 saturated carbocycles. The number of hydrogen-bond acceptors (Lipinski definition) is 5. The summed E-state index contributed by atoms with van der Waals surface area (Å²) in [5.41, 5.74) is 1.27. The van der Waals surface area contributed by atoms with E-state index >= 15 is 0 Å². The first-order chi connectivity index (χ1) is 11.5. The monoisotopic (exact) mass is 388 g/mol. The Morgan fingerprint density at radius 1 is 1.29 bits per heavy atom. The van der Waals surface area contributed by atoms with Gasteiger partial charge in [0.2, 0.25) is 0 Å². The molecule has 0 unspecified atom stereocenters. The molecule has 0 aliphatic carbocycles. The number of nitriles is 1. The van der Waals surface area contributed by atoms with Crippen LogP contribution < -0.4 is 9.47 Å². The number of ether oxygens (including phenoxy) is 2. The van der Waals surface area contributed by atoms with Crippen LogP contribution in [0.3, 0.4) is 0 Å². The zero-order valence-electron chi connectivity index (χ0n) is 12.9. The molecule has 0 aromatic heterocycles. The van der Waals surface area contributed by atoms with Gasteiger partial charge in [0.15, 0.2) is 11.5 Å². The second-order valence-corrected chi connectivity index (χ2v) is 5.62. The van der Waals surface area contributed by atoms with E-state index in [9.17, 15) is 15.4 Å². The standard InChI is InChI=1S/C17H13BrN2O4/c1-23-16-9-14(18)7-12(17(16)24-2)6-13(10-19)11-4-3-5-15(8-11)20(21)22/h3-9H,1-2H3. The van der Waals surface area contributed by atoms with Gasteiger partial charge in [-0.25, -0.2) is 0 Å². The number of nitro groups is 1. The molecule has 0 spiro atoms. The Kier molecular flexibility index (Phi) is 5.55. The molecule has 0 fully saturated rings. The number of halogens is 1. The number of methoxy groups -OCH3 is 2. The number of non-ortho nitro benzene ring substituents is 1. The lowest BCUT2D eigenvalue weighted by Crippen LogP contribution is -1.94. The number of rotatable bonds is 5. The van der Waals surface area contributed by atoms with Crippen molar-refractivity contribution in [3.05, 3.63) is 62.1 Å². The maximum absolute atomic E-state index is 10.9. The average molecular weight is 389 g/mol. The van der Waals surface area contributed by atoms with Gasteiger partial charge in [-0.2, -0.15) is 5.26 Å². The molecule has 0 radical (unpaired) electrons. The van der Waals surface area contributed by atoms with Gasteiger partial charge < -0.3 is 9.47 Å². The van der Waals surface area contributed by atoms with Crippen LogP contribution >= 0.6 is 15.9 Å². The van der Waals surface area contributed by atoms with Crippen molar-refractivity contribution in [1.82, 2.24) is 0 Å². The third-order valence-electron chi connectivity index (χ3n) is 3.26. The molecule has 0 saturated heterocycles. The molecule has 2 rings (SSSR count). The van der Waals surface area contributed by atoms with E-state index in [1.807, 2.05) is 0 Å². The van der Waals surface area contributed by atoms with Crippen LogP contribution in [0.2, 0.25) is 0 Å². The number of nitrogens with zero attached hydrogens (tertiary/aromatic N) is 2. The van der Waals surface area contributed by atoms with Crippen LogP contribution in [-0.4, -0.2) is 19.1 Å². The fourth-order valence-corrected chi connectivity index (χ4v) is 2.64. The van der Waals surface area contributed by atoms with Gasteiger partial charge >= 0.3 is 0 Å². The van der Waals surface area contributed by atoms with Crippen molar-refractivity contribution in [1.29, 1.82) is 5.26 Å². The summed E-state index contributed by atoms with van der Waals surface area (Å²) in [5.74, 6) is 0.980. The summed E-state index contributed by atoms with van der Waals surface area (Å²) in [6.07, 6.45) is 1.60. The molecule has 0 N–H and O–H groups in total. The first kappa shape index (κ1) is 17.5. The maximum atomic E-state index is 10.9. The van der Waals surface area contributed by atoms with Crippen molar-refractivity contribution in [2.24, 2.45) is 0 Å². The Hall–Kier alpha value is -2.85.